The summed E-state index contributed by atoms with van der Waals surface area (Å²) in [6.07, 6.45) is 0. The van der Waals surface area contributed by atoms with Crippen LogP contribution >= 0.6 is 11.3 Å². The van der Waals surface area contributed by atoms with Gasteiger partial charge in [-0.3, -0.25) is 0 Å². The standard InChI is InChI=1S/C70H49NS/c1-69(2)65-43-50(48-31-29-47(30-32-48)46-17-6-3-7-18-46)35-40-58(65)59-41-38-55(45-66(59)69)71(53-36-33-49(34-37-53)56-25-16-26-61-60-24-13-15-28-67(60)72-68(56)61)54-39-42-64-62(44-54)57-23-12-14-27-63(57)70(64,51-19-8-4-9-20-51)52-21-10-5-11-22-52/h3-45H,1-2H3. The zero-order valence-corrected chi connectivity index (χ0v) is 41.0. The highest BCUT2D eigenvalue weighted by Gasteiger charge is 2.46. The van der Waals surface area contributed by atoms with Crippen molar-refractivity contribution in [1.82, 2.24) is 0 Å². The van der Waals surface area contributed by atoms with Gasteiger partial charge < -0.3 is 4.90 Å². The summed E-state index contributed by atoms with van der Waals surface area (Å²) in [5.41, 5.74) is 23.0. The molecule has 0 saturated carbocycles. The van der Waals surface area contributed by atoms with Gasteiger partial charge in [-0.2, -0.15) is 0 Å². The van der Waals surface area contributed by atoms with Crippen molar-refractivity contribution in [1.29, 1.82) is 0 Å². The average molecular weight is 936 g/mol. The maximum atomic E-state index is 2.48. The monoisotopic (exact) mass is 935 g/mol. The maximum absolute atomic E-state index is 2.48. The lowest BCUT2D eigenvalue weighted by Crippen LogP contribution is -2.28. The molecule has 0 atom stereocenters. The summed E-state index contributed by atoms with van der Waals surface area (Å²) in [7, 11) is 0. The molecular formula is C70H49NS. The van der Waals surface area contributed by atoms with Crippen molar-refractivity contribution in [3.63, 3.8) is 0 Å². The fourth-order valence-corrected chi connectivity index (χ4v) is 13.6. The Hall–Kier alpha value is -8.56. The Bertz CT molecular complexity index is 4000. The van der Waals surface area contributed by atoms with E-state index in [1.165, 1.54) is 109 Å². The molecule has 12 aromatic rings. The topological polar surface area (TPSA) is 3.24 Å². The minimum absolute atomic E-state index is 0.235. The largest absolute Gasteiger partial charge is 0.310 e. The Balaban J connectivity index is 0.912. The predicted molar refractivity (Wildman–Crippen MR) is 305 cm³/mol. The van der Waals surface area contributed by atoms with Crippen molar-refractivity contribution in [2.45, 2.75) is 24.7 Å². The third kappa shape index (κ3) is 6.46. The highest BCUT2D eigenvalue weighted by atomic mass is 32.1. The first-order chi connectivity index (χ1) is 35.4. The minimum atomic E-state index is -0.473. The fraction of sp³-hybridized carbons (Fsp3) is 0.0571. The van der Waals surface area contributed by atoms with E-state index in [-0.39, 0.29) is 5.41 Å². The van der Waals surface area contributed by atoms with Crippen molar-refractivity contribution in [3.05, 3.63) is 294 Å². The van der Waals surface area contributed by atoms with Gasteiger partial charge in [-0.1, -0.05) is 226 Å². The normalized spacial score (nSPS) is 13.6. The van der Waals surface area contributed by atoms with Crippen molar-refractivity contribution < 1.29 is 0 Å². The van der Waals surface area contributed by atoms with E-state index in [9.17, 15) is 0 Å². The summed E-state index contributed by atoms with van der Waals surface area (Å²) >= 11 is 1.88. The van der Waals surface area contributed by atoms with E-state index < -0.39 is 5.41 Å². The molecule has 14 rings (SSSR count). The van der Waals surface area contributed by atoms with E-state index >= 15 is 0 Å². The molecule has 340 valence electrons. The molecule has 1 aromatic heterocycles. The number of hydrogen-bond acceptors (Lipinski definition) is 2. The van der Waals surface area contributed by atoms with Crippen LogP contribution < -0.4 is 4.90 Å². The summed E-state index contributed by atoms with van der Waals surface area (Å²) in [6.45, 7) is 4.80. The van der Waals surface area contributed by atoms with Gasteiger partial charge >= 0.3 is 0 Å². The number of anilines is 3. The Morgan fingerprint density at radius 2 is 0.792 bits per heavy atom. The number of fused-ring (bicyclic) bond motifs is 9. The summed E-state index contributed by atoms with van der Waals surface area (Å²) < 4.78 is 2.65. The molecule has 0 aliphatic heterocycles. The first kappa shape index (κ1) is 42.3. The fourth-order valence-electron chi connectivity index (χ4n) is 12.3. The van der Waals surface area contributed by atoms with Crippen LogP contribution in [0.25, 0.3) is 75.8 Å². The summed E-state index contributed by atoms with van der Waals surface area (Å²) in [4.78, 5) is 2.48. The summed E-state index contributed by atoms with van der Waals surface area (Å²) in [5, 5.41) is 2.63. The van der Waals surface area contributed by atoms with Crippen molar-refractivity contribution in [3.8, 4) is 55.6 Å². The Labute approximate surface area is 425 Å². The molecule has 0 radical (unpaired) electrons. The summed E-state index contributed by atoms with van der Waals surface area (Å²) in [5.74, 6) is 0. The molecule has 0 fully saturated rings. The van der Waals surface area contributed by atoms with E-state index in [1.807, 2.05) is 11.3 Å². The first-order valence-corrected chi connectivity index (χ1v) is 25.9. The molecule has 11 aromatic carbocycles. The Morgan fingerprint density at radius 1 is 0.306 bits per heavy atom. The minimum Gasteiger partial charge on any atom is -0.310 e. The van der Waals surface area contributed by atoms with Crippen LogP contribution in [-0.4, -0.2) is 0 Å². The zero-order chi connectivity index (χ0) is 48.0. The Kier molecular flexibility index (Phi) is 9.71. The van der Waals surface area contributed by atoms with Gasteiger partial charge in [-0.15, -0.1) is 11.3 Å². The maximum Gasteiger partial charge on any atom is 0.0713 e. The van der Waals surface area contributed by atoms with E-state index in [0.717, 1.165) is 17.1 Å². The second-order valence-corrected chi connectivity index (χ2v) is 21.0. The summed E-state index contributed by atoms with van der Waals surface area (Å²) in [6, 6.07) is 97.2. The lowest BCUT2D eigenvalue weighted by atomic mass is 9.68. The molecule has 0 unspecified atom stereocenters. The lowest BCUT2D eigenvalue weighted by Gasteiger charge is -2.34. The van der Waals surface area contributed by atoms with E-state index in [2.05, 4.69) is 280 Å². The van der Waals surface area contributed by atoms with Gasteiger partial charge in [0.15, 0.2) is 0 Å². The van der Waals surface area contributed by atoms with Crippen LogP contribution in [0.3, 0.4) is 0 Å². The Morgan fingerprint density at radius 3 is 1.53 bits per heavy atom. The molecule has 0 bridgehead atoms. The molecule has 0 saturated heterocycles. The third-order valence-electron chi connectivity index (χ3n) is 15.8. The molecule has 0 spiro atoms. The van der Waals surface area contributed by atoms with Gasteiger partial charge in [0.05, 0.1) is 5.41 Å². The van der Waals surface area contributed by atoms with Crippen molar-refractivity contribution in [2.75, 3.05) is 4.90 Å². The second-order valence-electron chi connectivity index (χ2n) is 20.0. The molecule has 0 amide bonds. The van der Waals surface area contributed by atoms with Crippen molar-refractivity contribution >= 4 is 48.6 Å². The van der Waals surface area contributed by atoms with Gasteiger partial charge in [0.2, 0.25) is 0 Å². The van der Waals surface area contributed by atoms with Crippen LogP contribution in [0.4, 0.5) is 17.1 Å². The number of rotatable bonds is 8. The van der Waals surface area contributed by atoms with E-state index in [0.29, 0.717) is 0 Å². The number of benzene rings is 11. The van der Waals surface area contributed by atoms with Gasteiger partial charge in [-0.25, -0.2) is 0 Å². The van der Waals surface area contributed by atoms with Gasteiger partial charge in [0, 0.05) is 42.6 Å². The van der Waals surface area contributed by atoms with Crippen LogP contribution in [0.15, 0.2) is 261 Å². The van der Waals surface area contributed by atoms with Crippen LogP contribution in [-0.2, 0) is 10.8 Å². The van der Waals surface area contributed by atoms with Crippen molar-refractivity contribution in [2.24, 2.45) is 0 Å². The quantitative estimate of drug-likeness (QED) is 0.147. The predicted octanol–water partition coefficient (Wildman–Crippen LogP) is 19.2. The highest BCUT2D eigenvalue weighted by molar-refractivity contribution is 7.26. The van der Waals surface area contributed by atoms with E-state index in [4.69, 9.17) is 0 Å². The molecule has 1 nitrogen and oxygen atoms in total. The van der Waals surface area contributed by atoms with Gasteiger partial charge in [0.1, 0.15) is 0 Å². The van der Waals surface area contributed by atoms with Crippen LogP contribution in [0.5, 0.6) is 0 Å². The lowest BCUT2D eigenvalue weighted by molar-refractivity contribution is 0.660. The molecule has 2 aliphatic carbocycles. The average Bonchev–Trinajstić information content (AvgIpc) is 4.05. The molecule has 2 heteroatoms. The van der Waals surface area contributed by atoms with Gasteiger partial charge in [-0.05, 0) is 138 Å². The number of nitrogens with zero attached hydrogens (tertiary/aromatic N) is 1. The van der Waals surface area contributed by atoms with Crippen LogP contribution in [0.2, 0.25) is 0 Å². The molecule has 1 heterocycles. The third-order valence-corrected chi connectivity index (χ3v) is 17.0. The number of hydrogen-bond donors (Lipinski definition) is 0. The van der Waals surface area contributed by atoms with E-state index in [1.54, 1.807) is 0 Å². The SMILES string of the molecule is CC1(C)c2cc(-c3ccc(-c4ccccc4)cc3)ccc2-c2ccc(N(c3ccc(-c4cccc5c4sc4ccccc45)cc3)c3ccc4c(c3)-c3ccccc3C4(c3ccccc3)c3ccccc3)cc21. The number of thiophene rings is 1. The molecule has 72 heavy (non-hydrogen) atoms. The van der Waals surface area contributed by atoms with Gasteiger partial charge in [0.25, 0.3) is 0 Å². The zero-order valence-electron chi connectivity index (χ0n) is 40.2. The second kappa shape index (κ2) is 16.5. The van der Waals surface area contributed by atoms with Crippen LogP contribution in [0, 0.1) is 0 Å². The molecule has 0 N–H and O–H groups in total. The highest BCUT2D eigenvalue weighted by Crippen LogP contribution is 2.58. The molecule has 2 aliphatic rings. The first-order valence-electron chi connectivity index (χ1n) is 25.1. The smallest absolute Gasteiger partial charge is 0.0713 e. The molecular weight excluding hydrogens is 887 g/mol. The van der Waals surface area contributed by atoms with Crippen LogP contribution in [0.1, 0.15) is 47.2 Å².